The number of carbonyl (C=O) groups is 2. The lowest BCUT2D eigenvalue weighted by Crippen LogP contribution is -2.56. The van der Waals surface area contributed by atoms with Gasteiger partial charge in [0.1, 0.15) is 0 Å². The number of carboxylic acids is 1. The quantitative estimate of drug-likeness (QED) is 0.839. The molecule has 0 unspecified atom stereocenters. The molecule has 2 aliphatic rings. The highest BCUT2D eigenvalue weighted by molar-refractivity contribution is 8.00. The van der Waals surface area contributed by atoms with Crippen molar-refractivity contribution in [2.24, 2.45) is 0 Å². The molecule has 1 saturated carbocycles. The van der Waals surface area contributed by atoms with Gasteiger partial charge in [0.25, 0.3) is 0 Å². The molecule has 6 heteroatoms. The fourth-order valence-electron chi connectivity index (χ4n) is 3.18. The Balaban J connectivity index is 1.99. The molecule has 0 bridgehead atoms. The van der Waals surface area contributed by atoms with Gasteiger partial charge in [0.2, 0.25) is 0 Å². The van der Waals surface area contributed by atoms with E-state index in [9.17, 15) is 9.59 Å². The van der Waals surface area contributed by atoms with Crippen molar-refractivity contribution in [2.45, 2.75) is 56.2 Å². The van der Waals surface area contributed by atoms with Crippen LogP contribution in [0.4, 0.5) is 4.79 Å². The number of amides is 2. The van der Waals surface area contributed by atoms with Crippen molar-refractivity contribution in [1.29, 1.82) is 0 Å². The zero-order valence-electron chi connectivity index (χ0n) is 12.3. The van der Waals surface area contributed by atoms with Gasteiger partial charge < -0.3 is 15.3 Å². The van der Waals surface area contributed by atoms with E-state index in [1.165, 1.54) is 0 Å². The van der Waals surface area contributed by atoms with Crippen LogP contribution >= 0.6 is 11.8 Å². The maximum Gasteiger partial charge on any atom is 0.317 e. The topological polar surface area (TPSA) is 69.6 Å². The highest BCUT2D eigenvalue weighted by Gasteiger charge is 2.39. The molecular formula is C14H24N2O3S. The van der Waals surface area contributed by atoms with Gasteiger partial charge >= 0.3 is 12.0 Å². The Labute approximate surface area is 124 Å². The van der Waals surface area contributed by atoms with E-state index >= 15 is 0 Å². The van der Waals surface area contributed by atoms with Gasteiger partial charge in [-0.2, -0.15) is 11.8 Å². The minimum Gasteiger partial charge on any atom is -0.481 e. The average molecular weight is 300 g/mol. The van der Waals surface area contributed by atoms with Crippen LogP contribution in [0.25, 0.3) is 0 Å². The van der Waals surface area contributed by atoms with Crippen LogP contribution in [0.5, 0.6) is 0 Å². The van der Waals surface area contributed by atoms with Crippen LogP contribution < -0.4 is 5.32 Å². The molecule has 0 aromatic heterocycles. The van der Waals surface area contributed by atoms with Gasteiger partial charge in [-0.05, 0) is 26.7 Å². The molecule has 0 aromatic rings. The molecule has 0 radical (unpaired) electrons. The van der Waals surface area contributed by atoms with Crippen molar-refractivity contribution in [2.75, 3.05) is 18.8 Å². The molecule has 2 N–H and O–H groups in total. The first-order valence-corrected chi connectivity index (χ1v) is 8.23. The monoisotopic (exact) mass is 300 g/mol. The summed E-state index contributed by atoms with van der Waals surface area (Å²) in [6, 6.07) is -0.0958. The van der Waals surface area contributed by atoms with Crippen LogP contribution in [-0.4, -0.2) is 51.1 Å². The molecule has 0 atom stereocenters. The Morgan fingerprint density at radius 2 is 1.95 bits per heavy atom. The van der Waals surface area contributed by atoms with Gasteiger partial charge in [0, 0.05) is 23.6 Å². The second-order valence-electron chi connectivity index (χ2n) is 6.52. The maximum atomic E-state index is 12.4. The number of hydrogen-bond acceptors (Lipinski definition) is 3. The van der Waals surface area contributed by atoms with Gasteiger partial charge in [-0.3, -0.25) is 4.79 Å². The predicted octanol–water partition coefficient (Wildman–Crippen LogP) is 2.31. The summed E-state index contributed by atoms with van der Waals surface area (Å²) in [5, 5.41) is 12.1. The third-order valence-corrected chi connectivity index (χ3v) is 5.43. The van der Waals surface area contributed by atoms with E-state index in [0.29, 0.717) is 6.54 Å². The van der Waals surface area contributed by atoms with E-state index in [4.69, 9.17) is 5.11 Å². The summed E-state index contributed by atoms with van der Waals surface area (Å²) in [6.07, 6.45) is 3.57. The fourth-order valence-corrected chi connectivity index (χ4v) is 4.29. The van der Waals surface area contributed by atoms with Gasteiger partial charge in [0.15, 0.2) is 0 Å². The first-order chi connectivity index (χ1) is 9.32. The van der Waals surface area contributed by atoms with Gasteiger partial charge in [0.05, 0.1) is 12.0 Å². The van der Waals surface area contributed by atoms with E-state index in [-0.39, 0.29) is 17.2 Å². The van der Waals surface area contributed by atoms with Crippen molar-refractivity contribution < 1.29 is 14.7 Å². The molecule has 114 valence electrons. The number of nitrogens with one attached hydrogen (secondary N) is 1. The van der Waals surface area contributed by atoms with Crippen LogP contribution in [0.2, 0.25) is 0 Å². The number of rotatable bonds is 3. The van der Waals surface area contributed by atoms with E-state index in [0.717, 1.165) is 38.0 Å². The molecule has 1 heterocycles. The van der Waals surface area contributed by atoms with Crippen LogP contribution in [0.3, 0.4) is 0 Å². The number of carboxylic acid groups (broad SMARTS) is 1. The number of thioether (sulfide) groups is 1. The SMILES string of the molecule is CC1(C)CN(C(=O)NC2(CC(=O)O)CCCC2)CCS1. The molecule has 2 fully saturated rings. The molecular weight excluding hydrogens is 276 g/mol. The largest absolute Gasteiger partial charge is 0.481 e. The molecule has 5 nitrogen and oxygen atoms in total. The first kappa shape index (κ1) is 15.5. The summed E-state index contributed by atoms with van der Waals surface area (Å²) in [5.41, 5.74) is -0.530. The first-order valence-electron chi connectivity index (χ1n) is 7.25. The van der Waals surface area contributed by atoms with Crippen LogP contribution in [-0.2, 0) is 4.79 Å². The smallest absolute Gasteiger partial charge is 0.317 e. The molecule has 0 spiro atoms. The molecule has 1 aliphatic heterocycles. The van der Waals surface area contributed by atoms with E-state index < -0.39 is 11.5 Å². The molecule has 0 aromatic carbocycles. The molecule has 1 aliphatic carbocycles. The highest BCUT2D eigenvalue weighted by Crippen LogP contribution is 2.34. The normalized spacial score (nSPS) is 24.4. The Kier molecular flexibility index (Phi) is 4.52. The summed E-state index contributed by atoms with van der Waals surface area (Å²) in [7, 11) is 0. The Hall–Kier alpha value is -0.910. The zero-order valence-corrected chi connectivity index (χ0v) is 13.1. The molecule has 2 rings (SSSR count). The Morgan fingerprint density at radius 3 is 2.50 bits per heavy atom. The summed E-state index contributed by atoms with van der Waals surface area (Å²) in [5.74, 6) is 0.105. The van der Waals surface area contributed by atoms with E-state index in [1.54, 1.807) is 0 Å². The van der Waals surface area contributed by atoms with Gasteiger partial charge in [-0.15, -0.1) is 0 Å². The van der Waals surface area contributed by atoms with Crippen molar-refractivity contribution >= 4 is 23.8 Å². The number of hydrogen-bond donors (Lipinski definition) is 2. The molecule has 20 heavy (non-hydrogen) atoms. The molecule has 1 saturated heterocycles. The minimum atomic E-state index is -0.832. The lowest BCUT2D eigenvalue weighted by Gasteiger charge is -2.39. The van der Waals surface area contributed by atoms with E-state index in [1.807, 2.05) is 16.7 Å². The number of aliphatic carboxylic acids is 1. The zero-order chi connectivity index (χ0) is 14.8. The van der Waals surface area contributed by atoms with Gasteiger partial charge in [-0.1, -0.05) is 12.8 Å². The second kappa shape index (κ2) is 5.84. The Morgan fingerprint density at radius 1 is 1.30 bits per heavy atom. The summed E-state index contributed by atoms with van der Waals surface area (Å²) >= 11 is 1.88. The van der Waals surface area contributed by atoms with Crippen molar-refractivity contribution in [3.63, 3.8) is 0 Å². The second-order valence-corrected chi connectivity index (χ2v) is 8.32. The van der Waals surface area contributed by atoms with Crippen LogP contribution in [0.1, 0.15) is 46.0 Å². The standard InChI is InChI=1S/C14H24N2O3S/c1-13(2)10-16(7-8-20-13)12(19)15-14(9-11(17)18)5-3-4-6-14/h3-10H2,1-2H3,(H,15,19)(H,17,18). The summed E-state index contributed by atoms with van der Waals surface area (Å²) < 4.78 is 0.0746. The number of carbonyl (C=O) groups excluding carboxylic acids is 1. The average Bonchev–Trinajstić information content (AvgIpc) is 2.75. The Bertz CT molecular complexity index is 392. The van der Waals surface area contributed by atoms with E-state index in [2.05, 4.69) is 19.2 Å². The maximum absolute atomic E-state index is 12.4. The lowest BCUT2D eigenvalue weighted by atomic mass is 9.93. The van der Waals surface area contributed by atoms with Crippen molar-refractivity contribution in [3.05, 3.63) is 0 Å². The van der Waals surface area contributed by atoms with Crippen molar-refractivity contribution in [3.8, 4) is 0 Å². The summed E-state index contributed by atoms with van der Waals surface area (Å²) in [6.45, 7) is 5.73. The van der Waals surface area contributed by atoms with Crippen molar-refractivity contribution in [1.82, 2.24) is 10.2 Å². The lowest BCUT2D eigenvalue weighted by molar-refractivity contribution is -0.138. The minimum absolute atomic E-state index is 0.0325. The van der Waals surface area contributed by atoms with Gasteiger partial charge in [-0.25, -0.2) is 4.79 Å². The van der Waals surface area contributed by atoms with Crippen LogP contribution in [0, 0.1) is 0 Å². The number of nitrogens with zero attached hydrogens (tertiary/aromatic N) is 1. The van der Waals surface area contributed by atoms with Crippen LogP contribution in [0.15, 0.2) is 0 Å². The third-order valence-electron chi connectivity index (χ3n) is 4.14. The third kappa shape index (κ3) is 3.81. The fraction of sp³-hybridized carbons (Fsp3) is 0.857. The number of urea groups is 1. The molecule has 2 amide bonds. The predicted molar refractivity (Wildman–Crippen MR) is 80.1 cm³/mol. The summed E-state index contributed by atoms with van der Waals surface area (Å²) in [4.78, 5) is 25.3. The highest BCUT2D eigenvalue weighted by atomic mass is 32.2.